The third-order valence-corrected chi connectivity index (χ3v) is 2.08. The van der Waals surface area contributed by atoms with E-state index in [9.17, 15) is 0 Å². The lowest BCUT2D eigenvalue weighted by Crippen LogP contribution is -2.27. The molecule has 0 bridgehead atoms. The van der Waals surface area contributed by atoms with E-state index in [1.165, 1.54) is 0 Å². The lowest BCUT2D eigenvalue weighted by molar-refractivity contribution is -0.0147. The quantitative estimate of drug-likeness (QED) is 0.656. The second-order valence-electron chi connectivity index (χ2n) is 2.89. The van der Waals surface area contributed by atoms with Gasteiger partial charge in [-0.25, -0.2) is 0 Å². The maximum atomic E-state index is 8.79. The Hall–Kier alpha value is -0.590. The summed E-state index contributed by atoms with van der Waals surface area (Å²) in [6, 6.07) is 2.18. The fraction of sp³-hybridized carbons (Fsp3) is 0.875. The van der Waals surface area contributed by atoms with Crippen LogP contribution in [0.4, 0.5) is 0 Å². The normalized spacial score (nSPS) is 21.5. The average molecular weight is 155 g/mol. The molecule has 1 aliphatic carbocycles. The third kappa shape index (κ3) is 1.92. The Morgan fingerprint density at radius 2 is 2.09 bits per heavy atom. The summed E-state index contributed by atoms with van der Waals surface area (Å²) in [7, 11) is 0. The molecule has 0 aromatic rings. The predicted octanol–water partition coefficient (Wildman–Crippen LogP) is 0.832. The molecule has 0 aromatic heterocycles. The van der Waals surface area contributed by atoms with Crippen molar-refractivity contribution in [3.8, 4) is 6.07 Å². The van der Waals surface area contributed by atoms with Gasteiger partial charge in [-0.2, -0.15) is 5.26 Å². The molecule has 0 spiro atoms. The molecular weight excluding hydrogens is 142 g/mol. The Morgan fingerprint density at radius 1 is 1.45 bits per heavy atom. The number of nitrogens with zero attached hydrogens (tertiary/aromatic N) is 1. The molecule has 0 unspecified atom stereocenters. The number of hydrogen-bond acceptors (Lipinski definition) is 3. The fourth-order valence-corrected chi connectivity index (χ4v) is 1.48. The lowest BCUT2D eigenvalue weighted by atomic mass is 10.1. The molecule has 0 heterocycles. The molecule has 0 aliphatic heterocycles. The summed E-state index contributed by atoms with van der Waals surface area (Å²) >= 11 is 0. The number of rotatable bonds is 3. The lowest BCUT2D eigenvalue weighted by Gasteiger charge is -2.19. The van der Waals surface area contributed by atoms with Crippen molar-refractivity contribution in [3.05, 3.63) is 0 Å². The fourth-order valence-electron chi connectivity index (χ4n) is 1.48. The minimum atomic E-state index is -0.567. The number of nitriles is 1. The van der Waals surface area contributed by atoms with Crippen LogP contribution in [0.1, 0.15) is 25.7 Å². The molecule has 3 nitrogen and oxygen atoms in total. The Kier molecular flexibility index (Phi) is 2.86. The molecule has 1 saturated carbocycles. The summed E-state index contributed by atoms with van der Waals surface area (Å²) in [4.78, 5) is 0. The molecule has 1 aliphatic rings. The van der Waals surface area contributed by atoms with Gasteiger partial charge in [0.2, 0.25) is 0 Å². The van der Waals surface area contributed by atoms with Gasteiger partial charge < -0.3 is 9.84 Å². The van der Waals surface area contributed by atoms with Crippen LogP contribution < -0.4 is 0 Å². The van der Waals surface area contributed by atoms with E-state index in [1.54, 1.807) is 0 Å². The van der Waals surface area contributed by atoms with Crippen molar-refractivity contribution in [2.24, 2.45) is 0 Å². The minimum Gasteiger partial charge on any atom is -0.394 e. The van der Waals surface area contributed by atoms with Crippen LogP contribution in [0.3, 0.4) is 0 Å². The molecule has 11 heavy (non-hydrogen) atoms. The van der Waals surface area contributed by atoms with Crippen LogP contribution in [0.25, 0.3) is 0 Å². The number of aliphatic hydroxyl groups is 1. The highest BCUT2D eigenvalue weighted by Gasteiger charge is 2.34. The van der Waals surface area contributed by atoms with E-state index in [4.69, 9.17) is 15.1 Å². The SMILES string of the molecule is N#CC1(OCCO)CCCC1. The summed E-state index contributed by atoms with van der Waals surface area (Å²) in [6.45, 7) is 0.289. The summed E-state index contributed by atoms with van der Waals surface area (Å²) in [6.07, 6.45) is 3.78. The second kappa shape index (κ2) is 3.70. The van der Waals surface area contributed by atoms with Crippen molar-refractivity contribution >= 4 is 0 Å². The van der Waals surface area contributed by atoms with Crippen LogP contribution >= 0.6 is 0 Å². The highest BCUT2D eigenvalue weighted by atomic mass is 16.5. The van der Waals surface area contributed by atoms with Crippen LogP contribution in [0.2, 0.25) is 0 Å². The van der Waals surface area contributed by atoms with E-state index in [0.29, 0.717) is 0 Å². The van der Waals surface area contributed by atoms with Crippen LogP contribution in [0.5, 0.6) is 0 Å². The Bertz CT molecular complexity index is 156. The number of aliphatic hydroxyl groups excluding tert-OH is 1. The van der Waals surface area contributed by atoms with E-state index >= 15 is 0 Å². The maximum absolute atomic E-state index is 8.79. The molecule has 1 N–H and O–H groups in total. The third-order valence-electron chi connectivity index (χ3n) is 2.08. The molecule has 1 fully saturated rings. The number of ether oxygens (including phenoxy) is 1. The first kappa shape index (κ1) is 8.51. The first-order valence-corrected chi connectivity index (χ1v) is 3.99. The molecule has 0 atom stereocenters. The number of hydrogen-bond donors (Lipinski definition) is 1. The molecule has 0 amide bonds. The van der Waals surface area contributed by atoms with Gasteiger partial charge in [-0.3, -0.25) is 0 Å². The highest BCUT2D eigenvalue weighted by Crippen LogP contribution is 2.32. The highest BCUT2D eigenvalue weighted by molar-refractivity contribution is 5.04. The Labute approximate surface area is 66.6 Å². The van der Waals surface area contributed by atoms with E-state index in [-0.39, 0.29) is 13.2 Å². The van der Waals surface area contributed by atoms with Gasteiger partial charge in [-0.15, -0.1) is 0 Å². The second-order valence-corrected chi connectivity index (χ2v) is 2.89. The van der Waals surface area contributed by atoms with Gasteiger partial charge in [0.15, 0.2) is 5.60 Å². The van der Waals surface area contributed by atoms with Gasteiger partial charge >= 0.3 is 0 Å². The molecule has 0 radical (unpaired) electrons. The maximum Gasteiger partial charge on any atom is 0.154 e. The van der Waals surface area contributed by atoms with Crippen molar-refractivity contribution in [2.75, 3.05) is 13.2 Å². The zero-order valence-corrected chi connectivity index (χ0v) is 6.55. The average Bonchev–Trinajstić information content (AvgIpc) is 2.50. The summed E-state index contributed by atoms with van der Waals surface area (Å²) in [5.74, 6) is 0. The van der Waals surface area contributed by atoms with Crippen LogP contribution in [0.15, 0.2) is 0 Å². The van der Waals surface area contributed by atoms with Gasteiger partial charge in [0, 0.05) is 0 Å². The van der Waals surface area contributed by atoms with E-state index in [2.05, 4.69) is 6.07 Å². The molecule has 0 aromatic carbocycles. The van der Waals surface area contributed by atoms with Gasteiger partial charge in [0.1, 0.15) is 0 Å². The Morgan fingerprint density at radius 3 is 2.55 bits per heavy atom. The largest absolute Gasteiger partial charge is 0.394 e. The van der Waals surface area contributed by atoms with Crippen LogP contribution in [0, 0.1) is 11.3 Å². The monoisotopic (exact) mass is 155 g/mol. The van der Waals surface area contributed by atoms with E-state index in [0.717, 1.165) is 25.7 Å². The van der Waals surface area contributed by atoms with E-state index in [1.807, 2.05) is 0 Å². The predicted molar refractivity (Wildman–Crippen MR) is 39.8 cm³/mol. The smallest absolute Gasteiger partial charge is 0.154 e. The zero-order valence-electron chi connectivity index (χ0n) is 6.55. The molecular formula is C8H13NO2. The summed E-state index contributed by atoms with van der Waals surface area (Å²) in [5.41, 5.74) is -0.567. The molecule has 3 heteroatoms. The van der Waals surface area contributed by atoms with Crippen LogP contribution in [-0.4, -0.2) is 23.9 Å². The van der Waals surface area contributed by atoms with E-state index < -0.39 is 5.60 Å². The first-order valence-electron chi connectivity index (χ1n) is 3.99. The van der Waals surface area contributed by atoms with Crippen molar-refractivity contribution in [3.63, 3.8) is 0 Å². The summed E-state index contributed by atoms with van der Waals surface area (Å²) < 4.78 is 5.28. The molecule has 0 saturated heterocycles. The molecule has 1 rings (SSSR count). The topological polar surface area (TPSA) is 53.2 Å². The van der Waals surface area contributed by atoms with Gasteiger partial charge in [0.05, 0.1) is 19.3 Å². The van der Waals surface area contributed by atoms with Crippen molar-refractivity contribution in [1.82, 2.24) is 0 Å². The summed E-state index contributed by atoms with van der Waals surface area (Å²) in [5, 5.41) is 17.3. The van der Waals surface area contributed by atoms with Crippen molar-refractivity contribution in [1.29, 1.82) is 5.26 Å². The van der Waals surface area contributed by atoms with Gasteiger partial charge in [0.25, 0.3) is 0 Å². The van der Waals surface area contributed by atoms with Crippen molar-refractivity contribution < 1.29 is 9.84 Å². The van der Waals surface area contributed by atoms with Gasteiger partial charge in [-0.1, -0.05) is 0 Å². The first-order chi connectivity index (χ1) is 5.33. The van der Waals surface area contributed by atoms with Crippen LogP contribution in [-0.2, 0) is 4.74 Å². The zero-order chi connectivity index (χ0) is 8.16. The standard InChI is InChI=1S/C8H13NO2/c9-7-8(11-6-5-10)3-1-2-4-8/h10H,1-6H2. The van der Waals surface area contributed by atoms with Crippen molar-refractivity contribution in [2.45, 2.75) is 31.3 Å². The Balaban J connectivity index is 2.41. The minimum absolute atomic E-state index is 0.00340. The molecule has 62 valence electrons. The van der Waals surface area contributed by atoms with Gasteiger partial charge in [-0.05, 0) is 25.7 Å².